The van der Waals surface area contributed by atoms with Crippen molar-refractivity contribution in [3.63, 3.8) is 0 Å². The first-order valence-corrected chi connectivity index (χ1v) is 12.0. The number of piperazine rings is 1. The van der Waals surface area contributed by atoms with E-state index >= 15 is 0 Å². The molecular weight excluding hydrogens is 566 g/mol. The highest BCUT2D eigenvalue weighted by Crippen LogP contribution is 2.36. The summed E-state index contributed by atoms with van der Waals surface area (Å²) in [7, 11) is -2.19. The zero-order valence-corrected chi connectivity index (χ0v) is 20.0. The molecule has 0 amide bonds. The number of methoxy groups -OCH3 is 1. The minimum absolute atomic E-state index is 0.180. The fourth-order valence-electron chi connectivity index (χ4n) is 2.82. The first-order valence-electron chi connectivity index (χ1n) is 8.13. The molecule has 10 heteroatoms. The number of nitrogens with zero attached hydrogens (tertiary/aromatic N) is 1. The molecule has 0 saturated carbocycles. The molecule has 1 heterocycles. The maximum absolute atomic E-state index is 13.0. The molecule has 2 aromatic rings. The number of rotatable bonds is 5. The summed E-state index contributed by atoms with van der Waals surface area (Å²) in [6.45, 7) is 3.27. The van der Waals surface area contributed by atoms with E-state index < -0.39 is 10.0 Å². The maximum Gasteiger partial charge on any atom is 0.262 e. The summed E-state index contributed by atoms with van der Waals surface area (Å²) in [6, 6.07) is 8.43. The lowest BCUT2D eigenvalue weighted by Crippen LogP contribution is -2.43. The lowest BCUT2D eigenvalue weighted by Gasteiger charge is -2.30. The van der Waals surface area contributed by atoms with Gasteiger partial charge in [0.05, 0.1) is 27.9 Å². The van der Waals surface area contributed by atoms with Gasteiger partial charge in [0.25, 0.3) is 10.0 Å². The first kappa shape index (κ1) is 20.9. The lowest BCUT2D eigenvalue weighted by atomic mass is 10.2. The fourth-order valence-corrected chi connectivity index (χ4v) is 5.59. The molecular formula is C17H18Br3N3O3S. The van der Waals surface area contributed by atoms with E-state index in [1.807, 2.05) is 6.07 Å². The summed E-state index contributed by atoms with van der Waals surface area (Å²) < 4.78 is 36.2. The van der Waals surface area contributed by atoms with Crippen molar-refractivity contribution in [1.29, 1.82) is 0 Å². The van der Waals surface area contributed by atoms with E-state index in [0.717, 1.165) is 40.8 Å². The minimum Gasteiger partial charge on any atom is -0.495 e. The second-order valence-corrected chi connectivity index (χ2v) is 10.2. The number of hydrogen-bond donors (Lipinski definition) is 2. The second-order valence-electron chi connectivity index (χ2n) is 5.93. The Balaban J connectivity index is 1.97. The zero-order valence-electron chi connectivity index (χ0n) is 14.4. The molecule has 0 bridgehead atoms. The van der Waals surface area contributed by atoms with Crippen molar-refractivity contribution in [2.75, 3.05) is 42.9 Å². The SMILES string of the molecule is COc1ccc(S(=O)(=O)Nc2cc(Br)cc(Br)c2Br)cc1N1CCNCC1. The van der Waals surface area contributed by atoms with Crippen LogP contribution < -0.4 is 19.7 Å². The molecule has 0 atom stereocenters. The van der Waals surface area contributed by atoms with Crippen LogP contribution in [0.3, 0.4) is 0 Å². The summed E-state index contributed by atoms with van der Waals surface area (Å²) in [6.07, 6.45) is 0. The standard InChI is InChI=1S/C17H18Br3N3O3S/c1-26-16-3-2-12(10-15(16)23-6-4-21-5-7-23)27(24,25)22-14-9-11(18)8-13(19)17(14)20/h2-3,8-10,21-22H,4-7H2,1H3. The van der Waals surface area contributed by atoms with Gasteiger partial charge in [0.15, 0.2) is 0 Å². The smallest absolute Gasteiger partial charge is 0.262 e. The number of halogens is 3. The highest BCUT2D eigenvalue weighted by atomic mass is 79.9. The monoisotopic (exact) mass is 581 g/mol. The van der Waals surface area contributed by atoms with Gasteiger partial charge >= 0.3 is 0 Å². The van der Waals surface area contributed by atoms with Gasteiger partial charge in [-0.05, 0) is 62.2 Å². The molecule has 0 unspecified atom stereocenters. The molecule has 2 aromatic carbocycles. The molecule has 6 nitrogen and oxygen atoms in total. The van der Waals surface area contributed by atoms with Crippen LogP contribution in [0.1, 0.15) is 0 Å². The van der Waals surface area contributed by atoms with Crippen LogP contribution in [0.25, 0.3) is 0 Å². The Morgan fingerprint density at radius 3 is 2.48 bits per heavy atom. The maximum atomic E-state index is 13.0. The summed E-state index contributed by atoms with van der Waals surface area (Å²) in [5.41, 5.74) is 1.21. The molecule has 0 aromatic heterocycles. The number of sulfonamides is 1. The first-order chi connectivity index (χ1) is 12.8. The van der Waals surface area contributed by atoms with Gasteiger partial charge in [-0.15, -0.1) is 0 Å². The van der Waals surface area contributed by atoms with E-state index in [2.05, 4.69) is 62.7 Å². The average molecular weight is 584 g/mol. The Bertz CT molecular complexity index is 948. The normalized spacial score (nSPS) is 14.9. The topological polar surface area (TPSA) is 70.7 Å². The Morgan fingerprint density at radius 1 is 1.11 bits per heavy atom. The van der Waals surface area contributed by atoms with Gasteiger partial charge in [-0.25, -0.2) is 8.42 Å². The molecule has 0 spiro atoms. The van der Waals surface area contributed by atoms with Crippen molar-refractivity contribution in [2.24, 2.45) is 0 Å². The summed E-state index contributed by atoms with van der Waals surface area (Å²) in [5, 5.41) is 3.29. The van der Waals surface area contributed by atoms with Crippen LogP contribution in [0.2, 0.25) is 0 Å². The van der Waals surface area contributed by atoms with Gasteiger partial charge in [-0.2, -0.15) is 0 Å². The third-order valence-corrected chi connectivity index (χ3v) is 7.99. The fraction of sp³-hybridized carbons (Fsp3) is 0.294. The van der Waals surface area contributed by atoms with E-state index in [0.29, 0.717) is 15.9 Å². The molecule has 0 aliphatic carbocycles. The molecule has 1 saturated heterocycles. The Morgan fingerprint density at radius 2 is 1.81 bits per heavy atom. The second kappa shape index (κ2) is 8.69. The number of anilines is 2. The third-order valence-electron chi connectivity index (χ3n) is 4.16. The van der Waals surface area contributed by atoms with E-state index in [1.165, 1.54) is 0 Å². The van der Waals surface area contributed by atoms with E-state index in [-0.39, 0.29) is 4.90 Å². The number of hydrogen-bond acceptors (Lipinski definition) is 5. The van der Waals surface area contributed by atoms with Crippen LogP contribution in [0.15, 0.2) is 48.6 Å². The summed E-state index contributed by atoms with van der Waals surface area (Å²) >= 11 is 10.2. The number of benzene rings is 2. The zero-order chi connectivity index (χ0) is 19.6. The molecule has 3 rings (SSSR count). The molecule has 0 radical (unpaired) electrons. The molecule has 2 N–H and O–H groups in total. The highest BCUT2D eigenvalue weighted by molar-refractivity contribution is 9.13. The van der Waals surface area contributed by atoms with Crippen LogP contribution in [0.5, 0.6) is 5.75 Å². The van der Waals surface area contributed by atoms with Crippen molar-refractivity contribution in [3.05, 3.63) is 43.7 Å². The van der Waals surface area contributed by atoms with Gasteiger partial charge in [0.1, 0.15) is 5.75 Å². The van der Waals surface area contributed by atoms with Gasteiger partial charge in [0, 0.05) is 35.1 Å². The van der Waals surface area contributed by atoms with Crippen LogP contribution in [0.4, 0.5) is 11.4 Å². The lowest BCUT2D eigenvalue weighted by molar-refractivity contribution is 0.412. The van der Waals surface area contributed by atoms with Crippen molar-refractivity contribution >= 4 is 69.2 Å². The van der Waals surface area contributed by atoms with Crippen molar-refractivity contribution in [1.82, 2.24) is 5.32 Å². The minimum atomic E-state index is -3.78. The Labute approximate surface area is 184 Å². The molecule has 1 aliphatic rings. The van der Waals surface area contributed by atoms with Crippen LogP contribution in [-0.2, 0) is 10.0 Å². The predicted octanol–water partition coefficient (Wildman–Crippen LogP) is 4.19. The van der Waals surface area contributed by atoms with Crippen molar-refractivity contribution in [2.45, 2.75) is 4.90 Å². The average Bonchev–Trinajstić information content (AvgIpc) is 2.65. The Hall–Kier alpha value is -0.810. The van der Waals surface area contributed by atoms with Crippen LogP contribution >= 0.6 is 47.8 Å². The molecule has 1 fully saturated rings. The van der Waals surface area contributed by atoms with Gasteiger partial charge in [0.2, 0.25) is 0 Å². The predicted molar refractivity (Wildman–Crippen MR) is 118 cm³/mol. The van der Waals surface area contributed by atoms with Crippen LogP contribution in [0, 0.1) is 0 Å². The number of ether oxygens (including phenoxy) is 1. The number of nitrogens with one attached hydrogen (secondary N) is 2. The molecule has 1 aliphatic heterocycles. The molecule has 27 heavy (non-hydrogen) atoms. The summed E-state index contributed by atoms with van der Waals surface area (Å²) in [4.78, 5) is 2.31. The third kappa shape index (κ3) is 4.79. The van der Waals surface area contributed by atoms with E-state index in [9.17, 15) is 8.42 Å². The summed E-state index contributed by atoms with van der Waals surface area (Å²) in [5.74, 6) is 0.655. The van der Waals surface area contributed by atoms with Gasteiger partial charge in [-0.1, -0.05) is 15.9 Å². The highest BCUT2D eigenvalue weighted by Gasteiger charge is 2.22. The van der Waals surface area contributed by atoms with Crippen molar-refractivity contribution in [3.8, 4) is 5.75 Å². The van der Waals surface area contributed by atoms with E-state index in [1.54, 1.807) is 31.4 Å². The largest absolute Gasteiger partial charge is 0.495 e. The van der Waals surface area contributed by atoms with Gasteiger partial charge < -0.3 is 15.0 Å². The quantitative estimate of drug-likeness (QED) is 0.517. The van der Waals surface area contributed by atoms with Crippen LogP contribution in [-0.4, -0.2) is 41.7 Å². The van der Waals surface area contributed by atoms with Crippen molar-refractivity contribution < 1.29 is 13.2 Å². The van der Waals surface area contributed by atoms with E-state index in [4.69, 9.17) is 4.74 Å². The molecule has 146 valence electrons. The van der Waals surface area contributed by atoms with Gasteiger partial charge in [-0.3, -0.25) is 4.72 Å². The Kier molecular flexibility index (Phi) is 6.73.